The van der Waals surface area contributed by atoms with Crippen LogP contribution >= 0.6 is 0 Å². The van der Waals surface area contributed by atoms with Crippen molar-refractivity contribution in [3.63, 3.8) is 0 Å². The maximum atomic E-state index is 13.3. The molecule has 6 atom stereocenters. The lowest BCUT2D eigenvalue weighted by Crippen LogP contribution is -2.33. The molecule has 0 saturated carbocycles. The fourth-order valence-corrected chi connectivity index (χ4v) is 5.09. The average Bonchev–Trinajstić information content (AvgIpc) is 3.44. The van der Waals surface area contributed by atoms with Crippen LogP contribution in [-0.2, 0) is 20.3 Å². The van der Waals surface area contributed by atoms with Gasteiger partial charge in [-0.3, -0.25) is 8.78 Å². The Balaban J connectivity index is 1.45. The van der Waals surface area contributed by atoms with Crippen molar-refractivity contribution in [2.45, 2.75) is 49.6 Å². The minimum Gasteiger partial charge on any atom is -0.491 e. The van der Waals surface area contributed by atoms with E-state index in [2.05, 4.69) is 15.0 Å². The van der Waals surface area contributed by atoms with E-state index in [1.165, 1.54) is 16.7 Å². The van der Waals surface area contributed by atoms with Crippen LogP contribution in [0.4, 0.5) is 5.82 Å². The maximum absolute atomic E-state index is 13.3. The first-order chi connectivity index (χ1) is 18.6. The monoisotopic (exact) mass is 565 g/mol. The number of imidazole rings is 1. The number of nitrogens with two attached hydrogens (primary N) is 1. The second-order valence-corrected chi connectivity index (χ2v) is 10.8. The highest BCUT2D eigenvalue weighted by Gasteiger charge is 2.45. The molecule has 0 radical (unpaired) electrons. The summed E-state index contributed by atoms with van der Waals surface area (Å²) in [4.78, 5) is 24.3. The number of aliphatic hydroxyl groups is 4. The smallest absolute Gasteiger partial charge is 0.338 e. The molecule has 6 N–H and O–H groups in total. The van der Waals surface area contributed by atoms with Gasteiger partial charge in [-0.2, -0.15) is 0 Å². The first-order valence-electron chi connectivity index (χ1n) is 12.2. The molecule has 0 amide bonds. The number of ether oxygens (including phenoxy) is 3. The van der Waals surface area contributed by atoms with E-state index in [0.717, 1.165) is 6.33 Å². The zero-order chi connectivity index (χ0) is 28.3. The molecule has 39 heavy (non-hydrogen) atoms. The summed E-state index contributed by atoms with van der Waals surface area (Å²) in [6, 6.07) is 6.19. The fourth-order valence-electron chi connectivity index (χ4n) is 3.89. The van der Waals surface area contributed by atoms with E-state index in [1.807, 2.05) is 13.8 Å². The third-order valence-electron chi connectivity index (χ3n) is 5.87. The molecular weight excluding hydrogens is 534 g/mol. The molecule has 1 saturated heterocycles. The van der Waals surface area contributed by atoms with E-state index < -0.39 is 54.0 Å². The van der Waals surface area contributed by atoms with Crippen LogP contribution < -0.4 is 10.5 Å². The molecule has 0 bridgehead atoms. The number of carbonyl (C=O) groups is 1. The number of nitrogens with zero attached hydrogens (tertiary/aromatic N) is 4. The number of fused-ring (bicyclic) bond motifs is 1. The molecule has 1 aromatic carbocycles. The summed E-state index contributed by atoms with van der Waals surface area (Å²) >= 11 is 0. The van der Waals surface area contributed by atoms with Crippen LogP contribution in [0.5, 0.6) is 5.75 Å². The lowest BCUT2D eigenvalue weighted by Gasteiger charge is -2.19. The van der Waals surface area contributed by atoms with Gasteiger partial charge in [0.2, 0.25) is 5.16 Å². The van der Waals surface area contributed by atoms with E-state index in [-0.39, 0.29) is 40.4 Å². The Hall–Kier alpha value is -3.21. The molecule has 15 heteroatoms. The molecule has 0 aliphatic carbocycles. The molecule has 1 aliphatic rings. The maximum Gasteiger partial charge on any atom is 0.338 e. The molecule has 0 spiro atoms. The predicted octanol–water partition coefficient (Wildman–Crippen LogP) is -0.620. The van der Waals surface area contributed by atoms with Crippen molar-refractivity contribution in [2.24, 2.45) is 5.92 Å². The zero-order valence-corrected chi connectivity index (χ0v) is 22.1. The molecule has 1 unspecified atom stereocenters. The first-order valence-corrected chi connectivity index (χ1v) is 13.5. The summed E-state index contributed by atoms with van der Waals surface area (Å²) in [6.07, 6.45) is -5.34. The zero-order valence-electron chi connectivity index (χ0n) is 21.3. The Bertz CT molecular complexity index is 1320. The molecule has 212 valence electrons. The van der Waals surface area contributed by atoms with Crippen molar-refractivity contribution in [2.75, 3.05) is 31.3 Å². The molecule has 1 aliphatic heterocycles. The minimum absolute atomic E-state index is 0.0100. The van der Waals surface area contributed by atoms with E-state index in [1.54, 1.807) is 12.1 Å². The van der Waals surface area contributed by atoms with E-state index in [9.17, 15) is 29.4 Å². The molecule has 3 aromatic rings. The van der Waals surface area contributed by atoms with Gasteiger partial charge in [-0.25, -0.2) is 19.7 Å². The number of hydrogen-bond donors (Lipinski definition) is 5. The van der Waals surface area contributed by atoms with Gasteiger partial charge in [0.05, 0.1) is 41.4 Å². The van der Waals surface area contributed by atoms with Crippen molar-refractivity contribution in [1.82, 2.24) is 19.5 Å². The summed E-state index contributed by atoms with van der Waals surface area (Å²) in [7, 11) is -1.97. The fraction of sp³-hybridized carbons (Fsp3) is 0.500. The largest absolute Gasteiger partial charge is 0.491 e. The second-order valence-electron chi connectivity index (χ2n) is 9.42. The standard InChI is InChI=1S/C24H31N5O9S/c1-12(2)8-37-23(34)13-3-5-15(6-4-13)36-9-14(31)10-39(35)24-28-17-20(25)26-11-27-21(17)29(24)22-19(33)18(32)16(7-30)38-22/h3-6,11-12,14,16,18-19,22,30-33H,7-10H2,1-2H3,(H2,25,26,27)/t14-,16+,18+,19+,22+,39?/m0/s1. The number of aromatic nitrogens is 4. The number of aliphatic hydroxyl groups excluding tert-OH is 4. The van der Waals surface area contributed by atoms with Crippen LogP contribution in [0.25, 0.3) is 11.2 Å². The van der Waals surface area contributed by atoms with Crippen LogP contribution in [0, 0.1) is 5.92 Å². The third-order valence-corrected chi connectivity index (χ3v) is 7.25. The van der Waals surface area contributed by atoms with Gasteiger partial charge < -0.3 is 40.4 Å². The van der Waals surface area contributed by atoms with Gasteiger partial charge in [-0.15, -0.1) is 0 Å². The number of anilines is 1. The minimum atomic E-state index is -1.97. The van der Waals surface area contributed by atoms with E-state index in [0.29, 0.717) is 17.9 Å². The van der Waals surface area contributed by atoms with Gasteiger partial charge in [-0.05, 0) is 30.2 Å². The van der Waals surface area contributed by atoms with Crippen molar-refractivity contribution in [3.05, 3.63) is 36.2 Å². The highest BCUT2D eigenvalue weighted by molar-refractivity contribution is 7.84. The first kappa shape index (κ1) is 28.8. The van der Waals surface area contributed by atoms with Gasteiger partial charge in [0.15, 0.2) is 23.2 Å². The van der Waals surface area contributed by atoms with Crippen molar-refractivity contribution in [1.29, 1.82) is 0 Å². The van der Waals surface area contributed by atoms with E-state index >= 15 is 0 Å². The number of esters is 1. The van der Waals surface area contributed by atoms with Gasteiger partial charge >= 0.3 is 5.97 Å². The van der Waals surface area contributed by atoms with Crippen LogP contribution in [-0.4, -0.2) is 100 Å². The lowest BCUT2D eigenvalue weighted by molar-refractivity contribution is -0.0549. The van der Waals surface area contributed by atoms with Crippen molar-refractivity contribution in [3.8, 4) is 5.75 Å². The lowest BCUT2D eigenvalue weighted by atomic mass is 10.1. The summed E-state index contributed by atoms with van der Waals surface area (Å²) < 4.78 is 30.9. The number of hydrogen-bond acceptors (Lipinski definition) is 13. The highest BCUT2D eigenvalue weighted by Crippen LogP contribution is 2.34. The Kier molecular flexibility index (Phi) is 9.09. The average molecular weight is 566 g/mol. The Morgan fingerprint density at radius 3 is 2.54 bits per heavy atom. The second kappa shape index (κ2) is 12.3. The Labute approximate surface area is 225 Å². The van der Waals surface area contributed by atoms with Gasteiger partial charge in [0.25, 0.3) is 0 Å². The normalized spacial score (nSPS) is 22.7. The third kappa shape index (κ3) is 6.34. The highest BCUT2D eigenvalue weighted by atomic mass is 32.2. The topological polar surface area (TPSA) is 212 Å². The van der Waals surface area contributed by atoms with Gasteiger partial charge in [-0.1, -0.05) is 13.8 Å². The molecule has 1 fully saturated rings. The molecule has 14 nitrogen and oxygen atoms in total. The summed E-state index contributed by atoms with van der Waals surface area (Å²) in [5.74, 6) is -0.185. The molecule has 3 heterocycles. The van der Waals surface area contributed by atoms with Crippen LogP contribution in [0.3, 0.4) is 0 Å². The number of benzene rings is 1. The summed E-state index contributed by atoms with van der Waals surface area (Å²) in [5, 5.41) is 40.6. The Morgan fingerprint density at radius 1 is 1.18 bits per heavy atom. The molecular formula is C24H31N5O9S. The van der Waals surface area contributed by atoms with Gasteiger partial charge in [0, 0.05) is 0 Å². The summed E-state index contributed by atoms with van der Waals surface area (Å²) in [6.45, 7) is 3.39. The van der Waals surface area contributed by atoms with Gasteiger partial charge in [0.1, 0.15) is 37.0 Å². The van der Waals surface area contributed by atoms with Crippen molar-refractivity contribution < 1.29 is 43.6 Å². The van der Waals surface area contributed by atoms with Crippen LogP contribution in [0.2, 0.25) is 0 Å². The quantitative estimate of drug-likeness (QED) is 0.184. The number of carbonyl (C=O) groups excluding carboxylic acids is 1. The molecule has 4 rings (SSSR count). The van der Waals surface area contributed by atoms with Crippen LogP contribution in [0.15, 0.2) is 35.7 Å². The molecule has 2 aromatic heterocycles. The predicted molar refractivity (Wildman–Crippen MR) is 137 cm³/mol. The van der Waals surface area contributed by atoms with Crippen molar-refractivity contribution >= 4 is 33.8 Å². The summed E-state index contributed by atoms with van der Waals surface area (Å²) in [5.41, 5.74) is 6.46. The SMILES string of the molecule is CC(C)COC(=O)c1ccc(OC[C@H](O)CS(=O)c2nc3c(N)ncnc3n2[C@@H]2O[C@H](CO)[C@@H](O)[C@H]2O)cc1. The Morgan fingerprint density at radius 2 is 1.90 bits per heavy atom. The number of rotatable bonds is 11. The number of nitrogen functional groups attached to an aromatic ring is 1. The van der Waals surface area contributed by atoms with Crippen LogP contribution in [0.1, 0.15) is 30.4 Å². The van der Waals surface area contributed by atoms with E-state index in [4.69, 9.17) is 19.9 Å².